The van der Waals surface area contributed by atoms with Gasteiger partial charge in [0.25, 0.3) is 0 Å². The van der Waals surface area contributed by atoms with Crippen molar-refractivity contribution >= 4 is 5.82 Å². The van der Waals surface area contributed by atoms with Gasteiger partial charge in [-0.1, -0.05) is 12.1 Å². The van der Waals surface area contributed by atoms with Crippen molar-refractivity contribution in [2.45, 2.75) is 26.2 Å². The van der Waals surface area contributed by atoms with Gasteiger partial charge in [-0.3, -0.25) is 0 Å². The molecule has 1 aliphatic rings. The molecule has 24 heavy (non-hydrogen) atoms. The van der Waals surface area contributed by atoms with Crippen LogP contribution in [0.5, 0.6) is 5.75 Å². The average Bonchev–Trinajstić information content (AvgIpc) is 3.12. The van der Waals surface area contributed by atoms with E-state index in [-0.39, 0.29) is 0 Å². The van der Waals surface area contributed by atoms with E-state index in [2.05, 4.69) is 53.0 Å². The van der Waals surface area contributed by atoms with Crippen molar-refractivity contribution in [1.82, 2.24) is 9.97 Å². The van der Waals surface area contributed by atoms with Crippen LogP contribution in [-0.2, 0) is 4.74 Å². The third-order valence-electron chi connectivity index (χ3n) is 4.44. The molecular weight excluding hydrogens is 302 g/mol. The average molecular weight is 327 g/mol. The fourth-order valence-electron chi connectivity index (χ4n) is 2.83. The number of hydrogen-bond acceptors (Lipinski definition) is 5. The van der Waals surface area contributed by atoms with Gasteiger partial charge in [0, 0.05) is 25.6 Å². The number of nitrogens with zero attached hydrogens (tertiary/aromatic N) is 3. The maximum atomic E-state index is 5.93. The molecule has 1 aliphatic heterocycles. The van der Waals surface area contributed by atoms with Crippen molar-refractivity contribution in [3.05, 3.63) is 47.4 Å². The molecule has 3 rings (SSSR count). The molecule has 0 unspecified atom stereocenters. The lowest BCUT2D eigenvalue weighted by atomic mass is 10.0. The van der Waals surface area contributed by atoms with Gasteiger partial charge in [-0.25, -0.2) is 9.97 Å². The van der Waals surface area contributed by atoms with E-state index in [1.165, 1.54) is 5.56 Å². The van der Waals surface area contributed by atoms with E-state index in [1.54, 1.807) is 6.33 Å². The molecular formula is C19H25N3O2. The van der Waals surface area contributed by atoms with Gasteiger partial charge in [0.2, 0.25) is 0 Å². The van der Waals surface area contributed by atoms with Gasteiger partial charge in [-0.15, -0.1) is 0 Å². The Morgan fingerprint density at radius 1 is 1.25 bits per heavy atom. The van der Waals surface area contributed by atoms with Crippen molar-refractivity contribution in [2.24, 2.45) is 0 Å². The Hall–Kier alpha value is -2.14. The number of anilines is 1. The van der Waals surface area contributed by atoms with E-state index in [9.17, 15) is 0 Å². The highest BCUT2D eigenvalue weighted by Crippen LogP contribution is 2.25. The monoisotopic (exact) mass is 327 g/mol. The number of rotatable bonds is 6. The first-order valence-corrected chi connectivity index (χ1v) is 8.44. The second-order valence-electron chi connectivity index (χ2n) is 6.40. The fraction of sp³-hybridized carbons (Fsp3) is 0.474. The molecule has 1 saturated heterocycles. The fourth-order valence-corrected chi connectivity index (χ4v) is 2.83. The van der Waals surface area contributed by atoms with Crippen LogP contribution in [-0.4, -0.2) is 43.4 Å². The molecule has 0 radical (unpaired) electrons. The van der Waals surface area contributed by atoms with Crippen LogP contribution in [0.2, 0.25) is 0 Å². The van der Waals surface area contributed by atoms with Crippen LogP contribution < -0.4 is 9.64 Å². The molecule has 1 atom stereocenters. The third kappa shape index (κ3) is 4.03. The molecule has 2 aromatic rings. The zero-order valence-corrected chi connectivity index (χ0v) is 14.7. The number of aromatic nitrogens is 2. The molecule has 0 bridgehead atoms. The number of aryl methyl sites for hydroxylation is 2. The van der Waals surface area contributed by atoms with E-state index in [1.807, 2.05) is 7.05 Å². The van der Waals surface area contributed by atoms with Crippen LogP contribution in [0.15, 0.2) is 30.6 Å². The zero-order chi connectivity index (χ0) is 16.9. The maximum absolute atomic E-state index is 5.93. The van der Waals surface area contributed by atoms with Crippen LogP contribution in [0.25, 0.3) is 0 Å². The van der Waals surface area contributed by atoms with Crippen LogP contribution in [0.1, 0.15) is 29.2 Å². The van der Waals surface area contributed by atoms with Gasteiger partial charge in [-0.05, 0) is 37.5 Å². The maximum Gasteiger partial charge on any atom is 0.132 e. The first-order valence-electron chi connectivity index (χ1n) is 8.44. The smallest absolute Gasteiger partial charge is 0.132 e. The molecule has 1 fully saturated rings. The Morgan fingerprint density at radius 3 is 2.92 bits per heavy atom. The second-order valence-corrected chi connectivity index (χ2v) is 6.40. The Morgan fingerprint density at radius 2 is 2.12 bits per heavy atom. The molecule has 128 valence electrons. The van der Waals surface area contributed by atoms with Crippen LogP contribution in [0.4, 0.5) is 5.82 Å². The minimum atomic E-state index is 0.395. The lowest BCUT2D eigenvalue weighted by Gasteiger charge is -2.20. The van der Waals surface area contributed by atoms with E-state index < -0.39 is 0 Å². The molecule has 0 aliphatic carbocycles. The minimum Gasteiger partial charge on any atom is -0.491 e. The number of hydrogen-bond donors (Lipinski definition) is 0. The Kier molecular flexibility index (Phi) is 5.30. The molecule has 5 nitrogen and oxygen atoms in total. The van der Waals surface area contributed by atoms with Gasteiger partial charge < -0.3 is 14.4 Å². The van der Waals surface area contributed by atoms with Crippen molar-refractivity contribution in [1.29, 1.82) is 0 Å². The quantitative estimate of drug-likeness (QED) is 0.816. The highest BCUT2D eigenvalue weighted by molar-refractivity contribution is 5.39. The Bertz CT molecular complexity index is 684. The lowest BCUT2D eigenvalue weighted by molar-refractivity contribution is 0.193. The molecule has 2 heterocycles. The number of ether oxygens (including phenoxy) is 2. The molecule has 0 saturated carbocycles. The van der Waals surface area contributed by atoms with E-state index in [0.29, 0.717) is 12.5 Å². The summed E-state index contributed by atoms with van der Waals surface area (Å²) < 4.78 is 11.4. The minimum absolute atomic E-state index is 0.395. The molecule has 0 N–H and O–H groups in total. The summed E-state index contributed by atoms with van der Waals surface area (Å²) in [7, 11) is 2.03. The SMILES string of the molecule is Cc1ccc(C)c(OCCN(C)c2cc([C@H]3CCOC3)ncn2)c1. The molecule has 0 amide bonds. The van der Waals surface area contributed by atoms with Crippen molar-refractivity contribution in [2.75, 3.05) is 38.3 Å². The summed E-state index contributed by atoms with van der Waals surface area (Å²) in [6, 6.07) is 8.34. The summed E-state index contributed by atoms with van der Waals surface area (Å²) in [6.07, 6.45) is 2.68. The highest BCUT2D eigenvalue weighted by atomic mass is 16.5. The van der Waals surface area contributed by atoms with Crippen molar-refractivity contribution in [3.8, 4) is 5.75 Å². The largest absolute Gasteiger partial charge is 0.491 e. The van der Waals surface area contributed by atoms with Gasteiger partial charge in [0.05, 0.1) is 18.8 Å². The van der Waals surface area contributed by atoms with Gasteiger partial charge in [-0.2, -0.15) is 0 Å². The van der Waals surface area contributed by atoms with E-state index in [0.717, 1.165) is 49.0 Å². The standard InChI is InChI=1S/C19H25N3O2/c1-14-4-5-15(2)18(10-14)24-9-7-22(3)19-11-17(20-13-21-19)16-6-8-23-12-16/h4-5,10-11,13,16H,6-9,12H2,1-3H3/t16-/m0/s1. The summed E-state index contributed by atoms with van der Waals surface area (Å²) >= 11 is 0. The third-order valence-corrected chi connectivity index (χ3v) is 4.44. The van der Waals surface area contributed by atoms with Crippen molar-refractivity contribution in [3.63, 3.8) is 0 Å². The number of likely N-dealkylation sites (N-methyl/N-ethyl adjacent to an activating group) is 1. The zero-order valence-electron chi connectivity index (χ0n) is 14.7. The van der Waals surface area contributed by atoms with Gasteiger partial charge in [0.1, 0.15) is 24.5 Å². The second kappa shape index (κ2) is 7.62. The summed E-state index contributed by atoms with van der Waals surface area (Å²) in [5.74, 6) is 2.28. The lowest BCUT2D eigenvalue weighted by Crippen LogP contribution is -2.25. The molecule has 1 aromatic carbocycles. The van der Waals surface area contributed by atoms with Crippen LogP contribution in [0.3, 0.4) is 0 Å². The Balaban J connectivity index is 1.57. The van der Waals surface area contributed by atoms with Crippen LogP contribution >= 0.6 is 0 Å². The molecule has 1 aromatic heterocycles. The predicted molar refractivity (Wildman–Crippen MR) is 94.9 cm³/mol. The van der Waals surface area contributed by atoms with Crippen LogP contribution in [0, 0.1) is 13.8 Å². The summed E-state index contributed by atoms with van der Waals surface area (Å²) in [5, 5.41) is 0. The first-order chi connectivity index (χ1) is 11.6. The summed E-state index contributed by atoms with van der Waals surface area (Å²) in [4.78, 5) is 10.9. The number of benzene rings is 1. The van der Waals surface area contributed by atoms with E-state index in [4.69, 9.17) is 9.47 Å². The molecule has 0 spiro atoms. The van der Waals surface area contributed by atoms with Crippen molar-refractivity contribution < 1.29 is 9.47 Å². The summed E-state index contributed by atoms with van der Waals surface area (Å²) in [6.45, 7) is 7.11. The topological polar surface area (TPSA) is 47.5 Å². The summed E-state index contributed by atoms with van der Waals surface area (Å²) in [5.41, 5.74) is 3.44. The van der Waals surface area contributed by atoms with Gasteiger partial charge >= 0.3 is 0 Å². The highest BCUT2D eigenvalue weighted by Gasteiger charge is 2.20. The predicted octanol–water partition coefficient (Wildman–Crippen LogP) is 3.11. The molecule has 5 heteroatoms. The first kappa shape index (κ1) is 16.7. The Labute approximate surface area is 143 Å². The van der Waals surface area contributed by atoms with Gasteiger partial charge in [0.15, 0.2) is 0 Å². The normalized spacial score (nSPS) is 17.0. The van der Waals surface area contributed by atoms with E-state index >= 15 is 0 Å².